The van der Waals surface area contributed by atoms with Gasteiger partial charge in [0.1, 0.15) is 45.1 Å². The van der Waals surface area contributed by atoms with Gasteiger partial charge in [-0.2, -0.15) is 0 Å². The molecule has 0 radical (unpaired) electrons. The molecule has 9 aromatic rings. The molecular formula is C117H155N7O16. The number of aryl methyl sites for hydroxylation is 1. The number of carbonyl (C=O) groups excluding carboxylic acids is 8. The summed E-state index contributed by atoms with van der Waals surface area (Å²) in [5, 5.41) is 28.9. The van der Waals surface area contributed by atoms with Gasteiger partial charge in [0.2, 0.25) is 0 Å². The van der Waals surface area contributed by atoms with Crippen LogP contribution in [0.5, 0.6) is 11.5 Å². The van der Waals surface area contributed by atoms with E-state index in [1.54, 1.807) is 7.11 Å². The number of piperidine rings is 6. The number of hydrogen-bond donors (Lipinski definition) is 6. The zero-order valence-electron chi connectivity index (χ0n) is 85.3. The van der Waals surface area contributed by atoms with E-state index in [-0.39, 0.29) is 71.7 Å². The number of fused-ring (bicyclic) bond motifs is 4. The van der Waals surface area contributed by atoms with Crippen LogP contribution in [0.4, 0.5) is 0 Å². The van der Waals surface area contributed by atoms with Gasteiger partial charge in [-0.05, 0) is 374 Å². The molecule has 0 bridgehead atoms. The van der Waals surface area contributed by atoms with Crippen LogP contribution in [0.15, 0.2) is 206 Å². The van der Waals surface area contributed by atoms with E-state index in [2.05, 4.69) is 56.2 Å². The summed E-state index contributed by atoms with van der Waals surface area (Å²) in [6, 6.07) is 63.6. The Balaban J connectivity index is 0.000000150. The van der Waals surface area contributed by atoms with E-state index in [1.807, 2.05) is 253 Å². The summed E-state index contributed by atoms with van der Waals surface area (Å²) < 4.78 is 46.0. The van der Waals surface area contributed by atoms with Crippen LogP contribution in [0, 0.1) is 47.3 Å². The molecule has 8 aliphatic rings. The maximum atomic E-state index is 12.7. The molecule has 6 saturated heterocycles. The number of carbonyl (C=O) groups is 8. The molecular weight excluding hydrogens is 1760 g/mol. The summed E-state index contributed by atoms with van der Waals surface area (Å²) in [6.07, 6.45) is 20.9. The molecule has 23 nitrogen and oxygen atoms in total. The van der Waals surface area contributed by atoms with E-state index in [0.29, 0.717) is 71.8 Å². The van der Waals surface area contributed by atoms with Crippen molar-refractivity contribution in [2.45, 2.75) is 245 Å². The van der Waals surface area contributed by atoms with Crippen molar-refractivity contribution in [2.75, 3.05) is 98.8 Å². The van der Waals surface area contributed by atoms with Crippen LogP contribution in [0.2, 0.25) is 0 Å². The van der Waals surface area contributed by atoms with Gasteiger partial charge in [0.05, 0.1) is 30.6 Å². The lowest BCUT2D eigenvalue weighted by Gasteiger charge is -2.38. The average molecular weight is 1920 g/mol. The summed E-state index contributed by atoms with van der Waals surface area (Å²) in [4.78, 5) is 99.3. The monoisotopic (exact) mass is 1910 g/mol. The Bertz CT molecular complexity index is 5550. The predicted octanol–water partition coefficient (Wildman–Crippen LogP) is 20.2. The van der Waals surface area contributed by atoms with E-state index in [0.717, 1.165) is 254 Å². The Morgan fingerprint density at radius 1 is 0.343 bits per heavy atom. The number of methoxy groups -OCH3 is 1. The second-order valence-electron chi connectivity index (χ2n) is 42.1. The van der Waals surface area contributed by atoms with Gasteiger partial charge in [-0.15, -0.1) is 0 Å². The third-order valence-corrected chi connectivity index (χ3v) is 30.0. The van der Waals surface area contributed by atoms with E-state index in [1.165, 1.54) is 17.1 Å². The predicted molar refractivity (Wildman–Crippen MR) is 555 cm³/mol. The van der Waals surface area contributed by atoms with Gasteiger partial charge in [0.25, 0.3) is 11.8 Å². The Labute approximate surface area is 830 Å². The molecule has 1 aliphatic carbocycles. The lowest BCUT2D eigenvalue weighted by Crippen LogP contribution is -2.44. The van der Waals surface area contributed by atoms with E-state index in [9.17, 15) is 38.4 Å². The third-order valence-electron chi connectivity index (χ3n) is 30.0. The second kappa shape index (κ2) is 51.7. The zero-order chi connectivity index (χ0) is 99.9. The highest BCUT2D eigenvalue weighted by molar-refractivity contribution is 6.13. The first-order valence-corrected chi connectivity index (χ1v) is 51.4. The Hall–Kier alpha value is -10.9. The van der Waals surface area contributed by atoms with Crippen molar-refractivity contribution in [1.29, 1.82) is 0 Å². The van der Waals surface area contributed by atoms with Gasteiger partial charge < -0.3 is 69.8 Å². The number of amides is 2. The second-order valence-corrected chi connectivity index (χ2v) is 42.1. The maximum Gasteiger partial charge on any atom is 0.344 e. The minimum absolute atomic E-state index is 0.0599. The Kier molecular flexibility index (Phi) is 39.8. The molecule has 0 aromatic heterocycles. The van der Waals surface area contributed by atoms with E-state index < -0.39 is 28.0 Å². The Morgan fingerprint density at radius 3 is 1.20 bits per heavy atom. The first kappa shape index (κ1) is 108. The highest BCUT2D eigenvalue weighted by Crippen LogP contribution is 2.40. The summed E-state index contributed by atoms with van der Waals surface area (Å²) in [5.74, 6) is 2.78. The molecule has 17 rings (SSSR count). The highest BCUT2D eigenvalue weighted by atomic mass is 16.6. The number of hydrogen-bond acceptors (Lipinski definition) is 22. The lowest BCUT2D eigenvalue weighted by atomic mass is 9.80. The molecule has 7 heterocycles. The SMILES string of the molecule is CC(C)(OC(=O)C1CCC(CN2C(=O)C=CC2=O)CC1)C1CCNCC1.CC(C)(OC(=O)COc1ccc2ccccc2c1)C1CCNCC1.CC(C)(OC(=O)Cc1cccc2ccccc12)C1CCNCC1.CC(C)(OC(=O)c1ccc2ccccc2c1)C1CCNCC1.CC(C)(OC(=O)c1cccc2ccccc12)C1CCNCC1.COc1ccccc1CCCC(=O)OC(C)(C)C1CCNCC1. The van der Waals surface area contributed by atoms with E-state index in [4.69, 9.17) is 37.9 Å². The number of nitrogens with zero attached hydrogens (tertiary/aromatic N) is 1. The van der Waals surface area contributed by atoms with Crippen molar-refractivity contribution in [3.8, 4) is 11.5 Å². The van der Waals surface area contributed by atoms with Gasteiger partial charge in [-0.25, -0.2) is 14.4 Å². The fraction of sp³-hybridized carbons (Fsp3) is 0.521. The lowest BCUT2D eigenvalue weighted by molar-refractivity contribution is -0.170. The van der Waals surface area contributed by atoms with Crippen LogP contribution in [-0.2, 0) is 70.0 Å². The largest absolute Gasteiger partial charge is 0.496 e. The van der Waals surface area contributed by atoms with Gasteiger partial charge in [0.15, 0.2) is 6.61 Å². The van der Waals surface area contributed by atoms with Crippen LogP contribution in [0.25, 0.3) is 43.1 Å². The number of imide groups is 1. The molecule has 7 aliphatic heterocycles. The molecule has 7 fully saturated rings. The molecule has 0 spiro atoms. The van der Waals surface area contributed by atoms with Crippen molar-refractivity contribution >= 4 is 90.7 Å². The molecule has 6 N–H and O–H groups in total. The van der Waals surface area contributed by atoms with Crippen LogP contribution in [-0.4, -0.2) is 185 Å². The first-order chi connectivity index (χ1) is 67.1. The van der Waals surface area contributed by atoms with Gasteiger partial charge in [-0.1, -0.05) is 158 Å². The van der Waals surface area contributed by atoms with Crippen molar-refractivity contribution in [3.05, 3.63) is 229 Å². The maximum absolute atomic E-state index is 12.7. The zero-order valence-corrected chi connectivity index (χ0v) is 85.3. The molecule has 140 heavy (non-hydrogen) atoms. The smallest absolute Gasteiger partial charge is 0.344 e. The minimum Gasteiger partial charge on any atom is -0.496 e. The fourth-order valence-corrected chi connectivity index (χ4v) is 21.0. The van der Waals surface area contributed by atoms with Gasteiger partial charge >= 0.3 is 35.8 Å². The molecule has 0 atom stereocenters. The van der Waals surface area contributed by atoms with Crippen LogP contribution in [0.1, 0.15) is 231 Å². The highest BCUT2D eigenvalue weighted by Gasteiger charge is 2.42. The van der Waals surface area contributed by atoms with Crippen LogP contribution < -0.4 is 41.4 Å². The van der Waals surface area contributed by atoms with Crippen molar-refractivity contribution in [2.24, 2.45) is 47.3 Å². The topological polar surface area (TPSA) is 286 Å². The van der Waals surface area contributed by atoms with E-state index >= 15 is 0 Å². The molecule has 23 heteroatoms. The molecule has 9 aromatic carbocycles. The molecule has 2 amide bonds. The Morgan fingerprint density at radius 2 is 0.714 bits per heavy atom. The molecule has 1 saturated carbocycles. The standard InChI is InChI=1S/C20H30N2O4.C20H25NO3.C20H25NO2.C19H29NO3.2C19H23NO2/c1-20(2,16-9-11-21-12-10-16)26-19(25)15-5-3-14(4-6-15)13-22-17(23)7-8-18(22)24;1-20(2,17-9-11-21-12-10-17)24-19(22)14-23-18-8-7-15-5-3-4-6-16(15)13-18;1-20(2,17-10-12-21-13-11-17)23-19(22)14-16-8-5-7-15-6-3-4-9-18(15)16;1-19(2,16-11-13-20-14-12-16)23-18(21)10-6-8-15-7-4-5-9-17(15)22-3;1-19(2,15-10-12-20-13-11-15)22-18(21)17-9-5-7-14-6-3-4-8-16(14)17;1-19(2,17-9-11-20-12-10-17)22-18(21)16-8-7-14-5-3-4-6-15(14)13-16/h7-8,14-16,21H,3-6,9-13H2,1-2H3;3-8,13,17,21H,9-12,14H2,1-2H3;3-9,17,21H,10-14H2,1-2H3;4-5,7,9,16,20H,6,8,10-14H2,1-3H3;3-9,15,20H,10-13H2,1-2H3;3-8,13,17,20H,9-12H2,1-2H3. The van der Waals surface area contributed by atoms with Crippen LogP contribution in [0.3, 0.4) is 0 Å². The number of benzene rings is 9. The third kappa shape index (κ3) is 31.8. The minimum atomic E-state index is -0.452. The fourth-order valence-electron chi connectivity index (χ4n) is 21.0. The molecule has 0 unspecified atom stereocenters. The number of esters is 6. The number of rotatable bonds is 27. The van der Waals surface area contributed by atoms with Crippen molar-refractivity contribution < 1.29 is 76.3 Å². The number of nitrogens with one attached hydrogen (secondary N) is 6. The quantitative estimate of drug-likeness (QED) is 0.0158. The number of para-hydroxylation sites is 1. The first-order valence-electron chi connectivity index (χ1n) is 51.4. The average Bonchev–Trinajstić information content (AvgIpc) is 1.18. The summed E-state index contributed by atoms with van der Waals surface area (Å²) >= 11 is 0. The summed E-state index contributed by atoms with van der Waals surface area (Å²) in [5.41, 5.74) is 0.951. The number of ether oxygens (including phenoxy) is 8. The normalized spacial score (nSPS) is 18.5. The van der Waals surface area contributed by atoms with Crippen LogP contribution >= 0.6 is 0 Å². The summed E-state index contributed by atoms with van der Waals surface area (Å²) in [6.45, 7) is 36.8. The van der Waals surface area contributed by atoms with Crippen molar-refractivity contribution in [1.82, 2.24) is 36.8 Å². The van der Waals surface area contributed by atoms with Gasteiger partial charge in [-0.3, -0.25) is 28.9 Å². The van der Waals surface area contributed by atoms with Crippen molar-refractivity contribution in [3.63, 3.8) is 0 Å². The summed E-state index contributed by atoms with van der Waals surface area (Å²) in [7, 11) is 1.68. The van der Waals surface area contributed by atoms with Gasteiger partial charge in [0, 0.05) is 60.6 Å². The molecule has 754 valence electrons.